The second kappa shape index (κ2) is 5.87. The van der Waals surface area contributed by atoms with E-state index in [1.54, 1.807) is 7.11 Å². The van der Waals surface area contributed by atoms with Crippen LogP contribution in [0.25, 0.3) is 6.08 Å². The smallest absolute Gasteiger partial charge is 0.398 e. The van der Waals surface area contributed by atoms with E-state index in [-0.39, 0.29) is 0 Å². The maximum absolute atomic E-state index is 6.12. The van der Waals surface area contributed by atoms with Gasteiger partial charge in [0, 0.05) is 12.7 Å². The maximum atomic E-state index is 6.12. The van der Waals surface area contributed by atoms with Gasteiger partial charge in [0.05, 0.1) is 0 Å². The van der Waals surface area contributed by atoms with Crippen LogP contribution in [0.2, 0.25) is 12.1 Å². The average Bonchev–Trinajstić information content (AvgIpc) is 2.36. The van der Waals surface area contributed by atoms with Crippen LogP contribution in [0.1, 0.15) is 19.4 Å². The minimum Gasteiger partial charge on any atom is -0.520 e. The molecule has 0 amide bonds. The largest absolute Gasteiger partial charge is 0.520 e. The molecular weight excluding hydrogens is 216 g/mol. The highest BCUT2D eigenvalue weighted by atomic mass is 28.4. The maximum Gasteiger partial charge on any atom is 0.398 e. The second-order valence-electron chi connectivity index (χ2n) is 3.67. The minimum atomic E-state index is -2.05. The molecule has 3 heteroatoms. The monoisotopic (exact) mass is 236 g/mol. The van der Waals surface area contributed by atoms with E-state index < -0.39 is 8.56 Å². The van der Waals surface area contributed by atoms with Crippen molar-refractivity contribution < 1.29 is 8.85 Å². The minimum absolute atomic E-state index is 0.884. The van der Waals surface area contributed by atoms with Crippen LogP contribution in [-0.4, -0.2) is 15.7 Å². The molecule has 0 spiro atoms. The molecule has 0 fully saturated rings. The molecule has 16 heavy (non-hydrogen) atoms. The molecule has 1 rings (SSSR count). The van der Waals surface area contributed by atoms with Gasteiger partial charge in [-0.2, -0.15) is 0 Å². The Morgan fingerprint density at radius 2 is 1.88 bits per heavy atom. The number of hydrogen-bond acceptors (Lipinski definition) is 2. The zero-order chi connectivity index (χ0) is 12.0. The zero-order valence-corrected chi connectivity index (χ0v) is 11.3. The Bertz CT molecular complexity index is 337. The van der Waals surface area contributed by atoms with Crippen molar-refractivity contribution >= 4 is 14.6 Å². The molecule has 0 aliphatic rings. The topological polar surface area (TPSA) is 18.5 Å². The van der Waals surface area contributed by atoms with Gasteiger partial charge >= 0.3 is 8.56 Å². The summed E-state index contributed by atoms with van der Waals surface area (Å²) in [5, 5.41) is 0. The fourth-order valence-electron chi connectivity index (χ4n) is 1.67. The molecule has 2 nitrogen and oxygen atoms in total. The standard InChI is InChI=1S/C13H20O2Si/c1-5-12-10-8-9-11-13(12)15-16(6-2,7-3)14-4/h5,8-11H,1,6-7H2,2-4H3. The summed E-state index contributed by atoms with van der Waals surface area (Å²) < 4.78 is 11.7. The molecule has 0 atom stereocenters. The Morgan fingerprint density at radius 1 is 1.25 bits per heavy atom. The van der Waals surface area contributed by atoms with Gasteiger partial charge in [0.15, 0.2) is 0 Å². The Kier molecular flexibility index (Phi) is 4.77. The number of rotatable bonds is 6. The van der Waals surface area contributed by atoms with Gasteiger partial charge in [-0.25, -0.2) is 0 Å². The van der Waals surface area contributed by atoms with E-state index >= 15 is 0 Å². The Hall–Kier alpha value is -1.06. The van der Waals surface area contributed by atoms with Crippen LogP contribution in [0.4, 0.5) is 0 Å². The predicted molar refractivity (Wildman–Crippen MR) is 70.9 cm³/mol. The third-order valence-corrected chi connectivity index (χ3v) is 6.37. The molecule has 0 saturated carbocycles. The SMILES string of the molecule is C=Cc1ccccc1O[Si](CC)(CC)OC. The van der Waals surface area contributed by atoms with Crippen LogP contribution in [0, 0.1) is 0 Å². The third kappa shape index (κ3) is 2.74. The van der Waals surface area contributed by atoms with Gasteiger partial charge in [0.2, 0.25) is 0 Å². The van der Waals surface area contributed by atoms with Crippen molar-refractivity contribution in [2.24, 2.45) is 0 Å². The molecule has 0 aliphatic carbocycles. The molecule has 1 aromatic rings. The first-order chi connectivity index (χ1) is 7.71. The fourth-order valence-corrected chi connectivity index (χ4v) is 3.70. The Labute approximate surface area is 99.2 Å². The lowest BCUT2D eigenvalue weighted by Gasteiger charge is -2.28. The number of hydrogen-bond donors (Lipinski definition) is 0. The Morgan fingerprint density at radius 3 is 2.38 bits per heavy atom. The molecule has 0 aromatic heterocycles. The van der Waals surface area contributed by atoms with Gasteiger partial charge in [0.25, 0.3) is 0 Å². The normalized spacial score (nSPS) is 11.2. The number of para-hydroxylation sites is 1. The van der Waals surface area contributed by atoms with Crippen molar-refractivity contribution in [3.05, 3.63) is 36.4 Å². The van der Waals surface area contributed by atoms with Crippen molar-refractivity contribution in [3.8, 4) is 5.75 Å². The molecule has 0 N–H and O–H groups in total. The number of benzene rings is 1. The summed E-state index contributed by atoms with van der Waals surface area (Å²) in [5.41, 5.74) is 1.03. The highest BCUT2D eigenvalue weighted by Crippen LogP contribution is 2.26. The molecule has 0 bridgehead atoms. The van der Waals surface area contributed by atoms with Crippen molar-refractivity contribution in [1.29, 1.82) is 0 Å². The average molecular weight is 236 g/mol. The molecule has 88 valence electrons. The highest BCUT2D eigenvalue weighted by Gasteiger charge is 2.34. The first kappa shape index (κ1) is 13.0. The summed E-state index contributed by atoms with van der Waals surface area (Å²) in [6, 6.07) is 9.84. The molecule has 0 heterocycles. The van der Waals surface area contributed by atoms with Crippen LogP contribution < -0.4 is 4.43 Å². The van der Waals surface area contributed by atoms with E-state index in [9.17, 15) is 0 Å². The van der Waals surface area contributed by atoms with Crippen LogP contribution in [0.3, 0.4) is 0 Å². The van der Waals surface area contributed by atoms with Gasteiger partial charge in [-0.3, -0.25) is 0 Å². The second-order valence-corrected chi connectivity index (χ2v) is 7.51. The van der Waals surface area contributed by atoms with Crippen molar-refractivity contribution in [2.45, 2.75) is 25.9 Å². The summed E-state index contributed by atoms with van der Waals surface area (Å²) in [5.74, 6) is 0.884. The summed E-state index contributed by atoms with van der Waals surface area (Å²) in [6.45, 7) is 8.04. The first-order valence-electron chi connectivity index (χ1n) is 5.67. The summed E-state index contributed by atoms with van der Waals surface area (Å²) >= 11 is 0. The quantitative estimate of drug-likeness (QED) is 0.699. The summed E-state index contributed by atoms with van der Waals surface area (Å²) in [7, 11) is -0.308. The van der Waals surface area contributed by atoms with E-state index in [4.69, 9.17) is 8.85 Å². The van der Waals surface area contributed by atoms with E-state index in [0.717, 1.165) is 23.4 Å². The molecule has 0 unspecified atom stereocenters. The Balaban J connectivity index is 2.97. The van der Waals surface area contributed by atoms with Gasteiger partial charge in [0.1, 0.15) is 5.75 Å². The van der Waals surface area contributed by atoms with Gasteiger partial charge < -0.3 is 8.85 Å². The van der Waals surface area contributed by atoms with Crippen molar-refractivity contribution in [3.63, 3.8) is 0 Å². The lowest BCUT2D eigenvalue weighted by atomic mass is 10.2. The van der Waals surface area contributed by atoms with E-state index in [1.165, 1.54) is 0 Å². The summed E-state index contributed by atoms with van der Waals surface area (Å²) in [6.07, 6.45) is 1.81. The van der Waals surface area contributed by atoms with Crippen LogP contribution in [0.15, 0.2) is 30.8 Å². The van der Waals surface area contributed by atoms with Crippen LogP contribution in [0.5, 0.6) is 5.75 Å². The lowest BCUT2D eigenvalue weighted by Crippen LogP contribution is -2.43. The first-order valence-corrected chi connectivity index (χ1v) is 7.90. The van der Waals surface area contributed by atoms with Gasteiger partial charge in [-0.15, -0.1) is 0 Å². The highest BCUT2D eigenvalue weighted by molar-refractivity contribution is 6.68. The molecule has 0 aliphatic heterocycles. The molecule has 0 saturated heterocycles. The van der Waals surface area contributed by atoms with E-state index in [0.29, 0.717) is 0 Å². The predicted octanol–water partition coefficient (Wildman–Crippen LogP) is 3.84. The molecule has 1 aromatic carbocycles. The van der Waals surface area contributed by atoms with E-state index in [1.807, 2.05) is 30.3 Å². The van der Waals surface area contributed by atoms with E-state index in [2.05, 4.69) is 20.4 Å². The zero-order valence-electron chi connectivity index (χ0n) is 10.3. The molecule has 0 radical (unpaired) electrons. The van der Waals surface area contributed by atoms with Gasteiger partial charge in [-0.1, -0.05) is 44.7 Å². The molecular formula is C13H20O2Si. The van der Waals surface area contributed by atoms with Crippen LogP contribution in [-0.2, 0) is 4.43 Å². The summed E-state index contributed by atoms with van der Waals surface area (Å²) in [4.78, 5) is 0. The van der Waals surface area contributed by atoms with Crippen molar-refractivity contribution in [2.75, 3.05) is 7.11 Å². The van der Waals surface area contributed by atoms with Crippen LogP contribution >= 0.6 is 0 Å². The fraction of sp³-hybridized carbons (Fsp3) is 0.385. The van der Waals surface area contributed by atoms with Gasteiger partial charge in [-0.05, 0) is 18.2 Å². The van der Waals surface area contributed by atoms with Crippen molar-refractivity contribution in [1.82, 2.24) is 0 Å². The lowest BCUT2D eigenvalue weighted by molar-refractivity contribution is 0.299. The third-order valence-electron chi connectivity index (χ3n) is 2.88.